The van der Waals surface area contributed by atoms with Gasteiger partial charge < -0.3 is 10.6 Å². The van der Waals surface area contributed by atoms with Crippen molar-refractivity contribution < 1.29 is 4.79 Å². The second kappa shape index (κ2) is 4.78. The summed E-state index contributed by atoms with van der Waals surface area (Å²) in [5.41, 5.74) is 4.86. The average Bonchev–Trinajstić information content (AvgIpc) is 3.05. The van der Waals surface area contributed by atoms with Crippen molar-refractivity contribution in [3.63, 3.8) is 0 Å². The van der Waals surface area contributed by atoms with E-state index in [0.717, 1.165) is 29.1 Å². The van der Waals surface area contributed by atoms with Crippen molar-refractivity contribution in [1.82, 2.24) is 10.3 Å². The summed E-state index contributed by atoms with van der Waals surface area (Å²) in [5.74, 6) is -0.0295. The largest absolute Gasteiger partial charge is 0.384 e. The van der Waals surface area contributed by atoms with Crippen LogP contribution in [0.3, 0.4) is 0 Å². The molecule has 0 fully saturated rings. The fourth-order valence-electron chi connectivity index (χ4n) is 2.04. The first-order valence-corrected chi connectivity index (χ1v) is 6.73. The van der Waals surface area contributed by atoms with Gasteiger partial charge >= 0.3 is 0 Å². The molecule has 0 atom stereocenters. The number of carbonyl (C=O) groups is 1. The number of fused-ring (bicyclic) bond motifs is 1. The van der Waals surface area contributed by atoms with Crippen LogP contribution in [0.5, 0.6) is 0 Å². The maximum atomic E-state index is 12.0. The highest BCUT2D eigenvalue weighted by molar-refractivity contribution is 7.09. The molecule has 4 nitrogen and oxygen atoms in total. The van der Waals surface area contributed by atoms with Crippen LogP contribution in [0.1, 0.15) is 20.8 Å². The number of aromatic nitrogens is 1. The lowest BCUT2D eigenvalue weighted by Crippen LogP contribution is -2.22. The van der Waals surface area contributed by atoms with Gasteiger partial charge in [-0.2, -0.15) is 0 Å². The Morgan fingerprint density at radius 3 is 3.28 bits per heavy atom. The molecule has 1 amide bonds. The molecule has 2 N–H and O–H groups in total. The first-order valence-electron chi connectivity index (χ1n) is 5.85. The maximum Gasteiger partial charge on any atom is 0.251 e. The standard InChI is InChI=1S/C13H13N3OS/c17-13(16-7-11-6-14-8-18-11)10-1-2-12-9(5-10)3-4-15-12/h1-2,5-6,8,15H,3-4,7H2,(H,16,17). The van der Waals surface area contributed by atoms with Crippen LogP contribution in [-0.2, 0) is 13.0 Å². The molecule has 0 saturated heterocycles. The van der Waals surface area contributed by atoms with Gasteiger partial charge in [-0.1, -0.05) is 0 Å². The lowest BCUT2D eigenvalue weighted by molar-refractivity contribution is 0.0951. The molecule has 0 aliphatic carbocycles. The third-order valence-electron chi connectivity index (χ3n) is 2.98. The maximum absolute atomic E-state index is 12.0. The number of nitrogens with one attached hydrogen (secondary N) is 2. The summed E-state index contributed by atoms with van der Waals surface area (Å²) in [6, 6.07) is 5.81. The minimum Gasteiger partial charge on any atom is -0.384 e. The number of nitrogens with zero attached hydrogens (tertiary/aromatic N) is 1. The Morgan fingerprint density at radius 1 is 1.50 bits per heavy atom. The van der Waals surface area contributed by atoms with E-state index >= 15 is 0 Å². The minimum absolute atomic E-state index is 0.0295. The summed E-state index contributed by atoms with van der Waals surface area (Å²) in [5, 5.41) is 6.19. The topological polar surface area (TPSA) is 54.0 Å². The van der Waals surface area contributed by atoms with Crippen LogP contribution < -0.4 is 10.6 Å². The lowest BCUT2D eigenvalue weighted by Gasteiger charge is -2.05. The van der Waals surface area contributed by atoms with E-state index in [2.05, 4.69) is 15.6 Å². The molecular formula is C13H13N3OS. The molecule has 0 radical (unpaired) electrons. The van der Waals surface area contributed by atoms with E-state index in [9.17, 15) is 4.79 Å². The molecule has 1 aromatic heterocycles. The summed E-state index contributed by atoms with van der Waals surface area (Å²) in [6.07, 6.45) is 2.77. The van der Waals surface area contributed by atoms with Gasteiger partial charge in [0, 0.05) is 28.9 Å². The highest BCUT2D eigenvalue weighted by atomic mass is 32.1. The summed E-state index contributed by atoms with van der Waals surface area (Å²) in [4.78, 5) is 17.0. The molecular weight excluding hydrogens is 246 g/mol. The number of rotatable bonds is 3. The van der Waals surface area contributed by atoms with Crippen LogP contribution in [0, 0.1) is 0 Å². The molecule has 3 rings (SSSR count). The molecule has 0 unspecified atom stereocenters. The number of carbonyl (C=O) groups excluding carboxylic acids is 1. The van der Waals surface area contributed by atoms with Gasteiger partial charge in [-0.3, -0.25) is 9.78 Å². The Morgan fingerprint density at radius 2 is 2.44 bits per heavy atom. The number of amides is 1. The molecule has 0 saturated carbocycles. The molecule has 92 valence electrons. The zero-order chi connectivity index (χ0) is 12.4. The normalized spacial score (nSPS) is 12.9. The van der Waals surface area contributed by atoms with E-state index in [4.69, 9.17) is 0 Å². The molecule has 2 aromatic rings. The van der Waals surface area contributed by atoms with Gasteiger partial charge in [-0.15, -0.1) is 11.3 Å². The van der Waals surface area contributed by atoms with E-state index in [0.29, 0.717) is 6.54 Å². The Balaban J connectivity index is 1.69. The van der Waals surface area contributed by atoms with E-state index in [-0.39, 0.29) is 5.91 Å². The lowest BCUT2D eigenvalue weighted by atomic mass is 10.1. The number of benzene rings is 1. The smallest absolute Gasteiger partial charge is 0.251 e. The van der Waals surface area contributed by atoms with E-state index in [1.807, 2.05) is 18.2 Å². The summed E-state index contributed by atoms with van der Waals surface area (Å²) in [6.45, 7) is 1.50. The number of hydrogen-bond acceptors (Lipinski definition) is 4. The highest BCUT2D eigenvalue weighted by Gasteiger charge is 2.13. The molecule has 0 spiro atoms. The molecule has 2 heterocycles. The molecule has 1 aliphatic rings. The van der Waals surface area contributed by atoms with Gasteiger partial charge in [-0.05, 0) is 30.2 Å². The zero-order valence-electron chi connectivity index (χ0n) is 9.77. The van der Waals surface area contributed by atoms with Crippen LogP contribution in [0.2, 0.25) is 0 Å². The van der Waals surface area contributed by atoms with Crippen LogP contribution in [0.4, 0.5) is 5.69 Å². The first kappa shape index (κ1) is 11.2. The Labute approximate surface area is 109 Å². The number of thiazole rings is 1. The molecule has 5 heteroatoms. The van der Waals surface area contributed by atoms with Crippen LogP contribution >= 0.6 is 11.3 Å². The number of anilines is 1. The first-order chi connectivity index (χ1) is 8.83. The van der Waals surface area contributed by atoms with Crippen molar-refractivity contribution in [2.24, 2.45) is 0 Å². The number of hydrogen-bond donors (Lipinski definition) is 2. The monoisotopic (exact) mass is 259 g/mol. The van der Waals surface area contributed by atoms with Gasteiger partial charge in [0.2, 0.25) is 0 Å². The quantitative estimate of drug-likeness (QED) is 0.887. The van der Waals surface area contributed by atoms with Crippen molar-refractivity contribution in [3.8, 4) is 0 Å². The fraction of sp³-hybridized carbons (Fsp3) is 0.231. The second-order valence-corrected chi connectivity index (χ2v) is 5.17. The SMILES string of the molecule is O=C(NCc1cncs1)c1ccc2c(c1)CCN2. The van der Waals surface area contributed by atoms with Crippen LogP contribution in [0.15, 0.2) is 29.9 Å². The van der Waals surface area contributed by atoms with Crippen molar-refractivity contribution in [2.45, 2.75) is 13.0 Å². The van der Waals surface area contributed by atoms with Crippen molar-refractivity contribution in [1.29, 1.82) is 0 Å². The van der Waals surface area contributed by atoms with E-state index in [1.54, 1.807) is 23.0 Å². The summed E-state index contributed by atoms with van der Waals surface area (Å²) >= 11 is 1.54. The summed E-state index contributed by atoms with van der Waals surface area (Å²) < 4.78 is 0. The van der Waals surface area contributed by atoms with Crippen molar-refractivity contribution in [2.75, 3.05) is 11.9 Å². The van der Waals surface area contributed by atoms with Crippen molar-refractivity contribution in [3.05, 3.63) is 45.9 Å². The molecule has 0 bridgehead atoms. The second-order valence-electron chi connectivity index (χ2n) is 4.20. The third-order valence-corrected chi connectivity index (χ3v) is 3.76. The predicted octanol–water partition coefficient (Wildman–Crippen LogP) is 2.04. The third kappa shape index (κ3) is 2.22. The van der Waals surface area contributed by atoms with Gasteiger partial charge in [0.05, 0.1) is 12.1 Å². The fourth-order valence-corrected chi connectivity index (χ4v) is 2.58. The average molecular weight is 259 g/mol. The van der Waals surface area contributed by atoms with Crippen LogP contribution in [-0.4, -0.2) is 17.4 Å². The Kier molecular flexibility index (Phi) is 2.98. The minimum atomic E-state index is -0.0295. The Bertz CT molecular complexity index is 566. The predicted molar refractivity (Wildman–Crippen MR) is 71.9 cm³/mol. The van der Waals surface area contributed by atoms with Gasteiger partial charge in [0.25, 0.3) is 5.91 Å². The van der Waals surface area contributed by atoms with Gasteiger partial charge in [0.1, 0.15) is 0 Å². The molecule has 1 aliphatic heterocycles. The molecule has 18 heavy (non-hydrogen) atoms. The van der Waals surface area contributed by atoms with Gasteiger partial charge in [-0.25, -0.2) is 0 Å². The summed E-state index contributed by atoms with van der Waals surface area (Å²) in [7, 11) is 0. The van der Waals surface area contributed by atoms with Gasteiger partial charge in [0.15, 0.2) is 0 Å². The van der Waals surface area contributed by atoms with Crippen molar-refractivity contribution >= 4 is 22.9 Å². The zero-order valence-corrected chi connectivity index (χ0v) is 10.6. The Hall–Kier alpha value is -1.88. The van der Waals surface area contributed by atoms with E-state index < -0.39 is 0 Å². The van der Waals surface area contributed by atoms with Crippen LogP contribution in [0.25, 0.3) is 0 Å². The van der Waals surface area contributed by atoms with E-state index in [1.165, 1.54) is 5.56 Å². The molecule has 1 aromatic carbocycles. The highest BCUT2D eigenvalue weighted by Crippen LogP contribution is 2.22.